The van der Waals surface area contributed by atoms with Crippen LogP contribution in [-0.2, 0) is 0 Å². The Morgan fingerprint density at radius 1 is 1.12 bits per heavy atom. The molecule has 0 radical (unpaired) electrons. The molecule has 1 aromatic carbocycles. The molecule has 0 bridgehead atoms. The van der Waals surface area contributed by atoms with Gasteiger partial charge in [-0.3, -0.25) is 0 Å². The largest absolute Gasteiger partial charge is 0.316 e. The summed E-state index contributed by atoms with van der Waals surface area (Å²) in [6.07, 6.45) is 5.40. The highest BCUT2D eigenvalue weighted by molar-refractivity contribution is 9.10. The second-order valence-electron chi connectivity index (χ2n) is 5.10. The summed E-state index contributed by atoms with van der Waals surface area (Å²) in [4.78, 5) is 0. The van der Waals surface area contributed by atoms with Gasteiger partial charge in [-0.15, -0.1) is 0 Å². The maximum atomic E-state index is 3.73. The van der Waals surface area contributed by atoms with Gasteiger partial charge in [0.2, 0.25) is 0 Å². The van der Waals surface area contributed by atoms with Crippen molar-refractivity contribution >= 4 is 15.9 Å². The van der Waals surface area contributed by atoms with Crippen LogP contribution in [0.15, 0.2) is 22.7 Å². The second-order valence-corrected chi connectivity index (χ2v) is 5.95. The first-order chi connectivity index (χ1) is 7.84. The lowest BCUT2D eigenvalue weighted by Gasteiger charge is -2.23. The third-order valence-corrected chi connectivity index (χ3v) is 4.50. The highest BCUT2D eigenvalue weighted by atomic mass is 79.9. The fourth-order valence-corrected chi connectivity index (χ4v) is 3.38. The van der Waals surface area contributed by atoms with Gasteiger partial charge in [-0.25, -0.2) is 0 Å². The normalized spacial score (nSPS) is 25.7. The van der Waals surface area contributed by atoms with Gasteiger partial charge in [0.05, 0.1) is 0 Å². The highest BCUT2D eigenvalue weighted by Crippen LogP contribution is 2.44. The van der Waals surface area contributed by atoms with Crippen LogP contribution < -0.4 is 5.32 Å². The van der Waals surface area contributed by atoms with Crippen molar-refractivity contribution in [1.29, 1.82) is 0 Å². The van der Waals surface area contributed by atoms with E-state index in [2.05, 4.69) is 39.4 Å². The topological polar surface area (TPSA) is 12.0 Å². The smallest absolute Gasteiger partial charge is 0.0212 e. The lowest BCUT2D eigenvalue weighted by Crippen LogP contribution is -2.28. The average Bonchev–Trinajstić information content (AvgIpc) is 3.14. The number of benzene rings is 1. The molecule has 1 unspecified atom stereocenters. The summed E-state index contributed by atoms with van der Waals surface area (Å²) in [6.45, 7) is 2.34. The minimum absolute atomic E-state index is 0.721. The zero-order valence-corrected chi connectivity index (χ0v) is 11.1. The molecule has 1 saturated heterocycles. The van der Waals surface area contributed by atoms with Crippen LogP contribution in [0.2, 0.25) is 0 Å². The maximum Gasteiger partial charge on any atom is 0.0212 e. The van der Waals surface area contributed by atoms with Gasteiger partial charge in [-0.1, -0.05) is 28.1 Å². The van der Waals surface area contributed by atoms with E-state index >= 15 is 0 Å². The van der Waals surface area contributed by atoms with Crippen LogP contribution in [0.5, 0.6) is 0 Å². The first kappa shape index (κ1) is 10.8. The van der Waals surface area contributed by atoms with Crippen LogP contribution in [0, 0.1) is 0 Å². The van der Waals surface area contributed by atoms with Crippen molar-refractivity contribution in [2.45, 2.75) is 37.5 Å². The van der Waals surface area contributed by atoms with Gasteiger partial charge >= 0.3 is 0 Å². The molecule has 1 nitrogen and oxygen atoms in total. The predicted molar refractivity (Wildman–Crippen MR) is 71.0 cm³/mol. The summed E-state index contributed by atoms with van der Waals surface area (Å²) in [5.41, 5.74) is 3.02. The molecule has 1 saturated carbocycles. The Labute approximate surface area is 106 Å². The zero-order valence-electron chi connectivity index (χ0n) is 9.51. The number of hydrogen-bond donors (Lipinski definition) is 1. The van der Waals surface area contributed by atoms with Crippen LogP contribution >= 0.6 is 15.9 Å². The van der Waals surface area contributed by atoms with Crippen molar-refractivity contribution in [2.24, 2.45) is 0 Å². The Morgan fingerprint density at radius 2 is 2.00 bits per heavy atom. The lowest BCUT2D eigenvalue weighted by molar-refractivity contribution is 0.461. The van der Waals surface area contributed by atoms with Crippen molar-refractivity contribution in [2.75, 3.05) is 13.1 Å². The van der Waals surface area contributed by atoms with Gasteiger partial charge in [-0.2, -0.15) is 0 Å². The first-order valence-corrected chi connectivity index (χ1v) is 7.14. The monoisotopic (exact) mass is 279 g/mol. The molecule has 2 aliphatic rings. The molecule has 2 fully saturated rings. The summed E-state index contributed by atoms with van der Waals surface area (Å²) in [7, 11) is 0. The quantitative estimate of drug-likeness (QED) is 0.869. The van der Waals surface area contributed by atoms with E-state index in [0.717, 1.165) is 18.4 Å². The molecule has 1 aromatic rings. The van der Waals surface area contributed by atoms with E-state index in [1.165, 1.54) is 47.8 Å². The molecule has 0 aromatic heterocycles. The molecule has 16 heavy (non-hydrogen) atoms. The third kappa shape index (κ3) is 2.18. The van der Waals surface area contributed by atoms with E-state index in [0.29, 0.717) is 0 Å². The summed E-state index contributed by atoms with van der Waals surface area (Å²) in [5.74, 6) is 1.56. The molecule has 2 heteroatoms. The van der Waals surface area contributed by atoms with E-state index in [1.807, 2.05) is 0 Å². The van der Waals surface area contributed by atoms with E-state index in [9.17, 15) is 0 Å². The predicted octanol–water partition coefficient (Wildman–Crippen LogP) is 3.79. The molecule has 1 atom stereocenters. The van der Waals surface area contributed by atoms with Crippen molar-refractivity contribution in [3.05, 3.63) is 33.8 Å². The van der Waals surface area contributed by atoms with Gasteiger partial charge in [0, 0.05) is 11.0 Å². The number of piperidine rings is 1. The molecule has 1 aliphatic carbocycles. The molecular formula is C14H18BrN. The molecule has 0 spiro atoms. The molecular weight excluding hydrogens is 262 g/mol. The van der Waals surface area contributed by atoms with E-state index < -0.39 is 0 Å². The van der Waals surface area contributed by atoms with E-state index in [-0.39, 0.29) is 0 Å². The van der Waals surface area contributed by atoms with Gasteiger partial charge in [0.15, 0.2) is 0 Å². The zero-order chi connectivity index (χ0) is 11.0. The molecule has 3 rings (SSSR count). The van der Waals surface area contributed by atoms with Crippen molar-refractivity contribution in [3.63, 3.8) is 0 Å². The van der Waals surface area contributed by atoms with E-state index in [4.69, 9.17) is 0 Å². The number of halogens is 1. The van der Waals surface area contributed by atoms with Crippen LogP contribution in [0.3, 0.4) is 0 Å². The molecule has 1 aliphatic heterocycles. The van der Waals surface area contributed by atoms with Crippen molar-refractivity contribution in [1.82, 2.24) is 5.32 Å². The highest BCUT2D eigenvalue weighted by Gasteiger charge is 2.26. The van der Waals surface area contributed by atoms with Gasteiger partial charge in [-0.05, 0) is 61.3 Å². The SMILES string of the molecule is Brc1cc(C2CCCNC2)ccc1C1CC1. The summed E-state index contributed by atoms with van der Waals surface area (Å²) >= 11 is 3.73. The third-order valence-electron chi connectivity index (χ3n) is 3.81. The van der Waals surface area contributed by atoms with Crippen LogP contribution in [-0.4, -0.2) is 13.1 Å². The molecule has 1 heterocycles. The van der Waals surface area contributed by atoms with Gasteiger partial charge in [0.25, 0.3) is 0 Å². The van der Waals surface area contributed by atoms with Gasteiger partial charge in [0.1, 0.15) is 0 Å². The summed E-state index contributed by atoms with van der Waals surface area (Å²) < 4.78 is 1.33. The summed E-state index contributed by atoms with van der Waals surface area (Å²) in [5, 5.41) is 3.49. The Bertz CT molecular complexity index is 378. The number of nitrogens with one attached hydrogen (secondary N) is 1. The molecule has 0 amide bonds. The fourth-order valence-electron chi connectivity index (χ4n) is 2.66. The minimum Gasteiger partial charge on any atom is -0.316 e. The minimum atomic E-state index is 0.721. The molecule has 86 valence electrons. The lowest BCUT2D eigenvalue weighted by atomic mass is 9.91. The Kier molecular flexibility index (Phi) is 3.03. The summed E-state index contributed by atoms with van der Waals surface area (Å²) in [6, 6.07) is 7.03. The first-order valence-electron chi connectivity index (χ1n) is 6.34. The van der Waals surface area contributed by atoms with Gasteiger partial charge < -0.3 is 5.32 Å². The van der Waals surface area contributed by atoms with Crippen molar-refractivity contribution in [3.8, 4) is 0 Å². The van der Waals surface area contributed by atoms with Crippen LogP contribution in [0.25, 0.3) is 0 Å². The second kappa shape index (κ2) is 4.50. The maximum absolute atomic E-state index is 3.73. The Balaban J connectivity index is 1.81. The van der Waals surface area contributed by atoms with Crippen LogP contribution in [0.1, 0.15) is 48.6 Å². The van der Waals surface area contributed by atoms with Crippen molar-refractivity contribution < 1.29 is 0 Å². The number of rotatable bonds is 2. The van der Waals surface area contributed by atoms with Crippen LogP contribution in [0.4, 0.5) is 0 Å². The molecule has 1 N–H and O–H groups in total. The Hall–Kier alpha value is -0.340. The fraction of sp³-hybridized carbons (Fsp3) is 0.571. The Morgan fingerprint density at radius 3 is 2.62 bits per heavy atom. The average molecular weight is 280 g/mol. The van der Waals surface area contributed by atoms with E-state index in [1.54, 1.807) is 0 Å². The standard InChI is InChI=1S/C14H18BrN/c15-14-8-11(12-2-1-7-16-9-12)5-6-13(14)10-3-4-10/h5-6,8,10,12,16H,1-4,7,9H2. The number of hydrogen-bond acceptors (Lipinski definition) is 1.